The van der Waals surface area contributed by atoms with Gasteiger partial charge in [-0.1, -0.05) is 12.1 Å². The van der Waals surface area contributed by atoms with Crippen molar-refractivity contribution >= 4 is 15.7 Å². The molecule has 0 atom stereocenters. The zero-order chi connectivity index (χ0) is 23.6. The number of aromatic nitrogens is 1. The molecule has 1 aliphatic carbocycles. The van der Waals surface area contributed by atoms with Crippen molar-refractivity contribution in [3.8, 4) is 5.88 Å². The monoisotopic (exact) mass is 481 g/mol. The van der Waals surface area contributed by atoms with Crippen molar-refractivity contribution in [1.29, 1.82) is 0 Å². The minimum absolute atomic E-state index is 0.0103. The van der Waals surface area contributed by atoms with E-state index in [2.05, 4.69) is 14.6 Å². The van der Waals surface area contributed by atoms with Crippen molar-refractivity contribution < 1.29 is 26.7 Å². The maximum Gasteiger partial charge on any atom is 0.262 e. The number of pyridine rings is 1. The molecule has 1 fully saturated rings. The number of ether oxygens (including phenoxy) is 2. The molecule has 33 heavy (non-hydrogen) atoms. The number of rotatable bonds is 8. The molecule has 0 spiro atoms. The van der Waals surface area contributed by atoms with Gasteiger partial charge in [-0.25, -0.2) is 22.2 Å². The zero-order valence-electron chi connectivity index (χ0n) is 18.8. The van der Waals surface area contributed by atoms with Crippen molar-refractivity contribution in [2.75, 3.05) is 45.3 Å². The zero-order valence-corrected chi connectivity index (χ0v) is 19.6. The van der Waals surface area contributed by atoms with Crippen LogP contribution in [0.25, 0.3) is 0 Å². The second kappa shape index (κ2) is 9.52. The number of benzene rings is 1. The minimum atomic E-state index is -3.94. The molecule has 7 nitrogen and oxygen atoms in total. The summed E-state index contributed by atoms with van der Waals surface area (Å²) >= 11 is 0. The summed E-state index contributed by atoms with van der Waals surface area (Å²) in [6.45, 7) is 1.09. The van der Waals surface area contributed by atoms with Gasteiger partial charge in [0.1, 0.15) is 18.0 Å². The maximum absolute atomic E-state index is 15.0. The number of likely N-dealkylation sites (N-methyl/N-ethyl adjacent to an activating group) is 1. The number of halogens is 2. The minimum Gasteiger partial charge on any atom is -0.479 e. The van der Waals surface area contributed by atoms with E-state index in [0.717, 1.165) is 37.2 Å². The lowest BCUT2D eigenvalue weighted by Gasteiger charge is -2.41. The molecule has 4 rings (SSSR count). The number of hydrogen-bond donors (Lipinski definition) is 1. The molecule has 0 unspecified atom stereocenters. The van der Waals surface area contributed by atoms with Gasteiger partial charge < -0.3 is 14.4 Å². The van der Waals surface area contributed by atoms with Crippen LogP contribution in [0.4, 0.5) is 14.5 Å². The third-order valence-corrected chi connectivity index (χ3v) is 7.68. The lowest BCUT2D eigenvalue weighted by molar-refractivity contribution is -0.102. The second-order valence-corrected chi connectivity index (χ2v) is 10.3. The molecule has 1 aromatic heterocycles. The van der Waals surface area contributed by atoms with Gasteiger partial charge in [0.15, 0.2) is 0 Å². The summed E-state index contributed by atoms with van der Waals surface area (Å²) in [4.78, 5) is 6.75. The first-order valence-electron chi connectivity index (χ1n) is 11.0. The second-order valence-electron chi connectivity index (χ2n) is 8.64. The highest BCUT2D eigenvalue weighted by molar-refractivity contribution is 7.92. The third kappa shape index (κ3) is 5.12. The molecule has 0 amide bonds. The first-order valence-corrected chi connectivity index (χ1v) is 12.5. The number of sulfonamides is 1. The molecular weight excluding hydrogens is 452 g/mol. The number of fused-ring (bicyclic) bond motifs is 1. The molecule has 0 bridgehead atoms. The van der Waals surface area contributed by atoms with Gasteiger partial charge in [0.2, 0.25) is 5.88 Å². The molecule has 2 aromatic rings. The standard InChI is InChI=1S/C23H29F2N3O4S/c1-28-10-7-16-13-21(22(31-2)26-20(16)8-11-28)27-33(29,30)19-5-3-17(4-6-19)23(25)14-18(15-23)32-12-9-24/h3-6,13,18,27H,7-12,14-15H2,1-2H3. The van der Waals surface area contributed by atoms with E-state index >= 15 is 4.39 Å². The molecule has 1 aromatic carbocycles. The van der Waals surface area contributed by atoms with Crippen molar-refractivity contribution in [2.45, 2.75) is 42.4 Å². The fourth-order valence-corrected chi connectivity index (χ4v) is 5.37. The van der Waals surface area contributed by atoms with Crippen molar-refractivity contribution in [2.24, 2.45) is 0 Å². The molecule has 2 aliphatic rings. The number of methoxy groups -OCH3 is 1. The number of hydrogen-bond acceptors (Lipinski definition) is 6. The van der Waals surface area contributed by atoms with Crippen LogP contribution in [0.2, 0.25) is 0 Å². The van der Waals surface area contributed by atoms with E-state index in [1.807, 2.05) is 7.05 Å². The van der Waals surface area contributed by atoms with Crippen molar-refractivity contribution in [1.82, 2.24) is 9.88 Å². The molecule has 1 saturated carbocycles. The van der Waals surface area contributed by atoms with Crippen LogP contribution in [0.15, 0.2) is 35.2 Å². The summed E-state index contributed by atoms with van der Waals surface area (Å²) in [5.41, 5.74) is 0.968. The molecule has 10 heteroatoms. The molecule has 0 saturated heterocycles. The summed E-state index contributed by atoms with van der Waals surface area (Å²) in [6, 6.07) is 7.50. The van der Waals surface area contributed by atoms with E-state index in [1.165, 1.54) is 31.4 Å². The highest BCUT2D eigenvalue weighted by atomic mass is 32.2. The Morgan fingerprint density at radius 3 is 2.58 bits per heavy atom. The van der Waals surface area contributed by atoms with E-state index in [9.17, 15) is 12.8 Å². The maximum atomic E-state index is 15.0. The lowest BCUT2D eigenvalue weighted by Crippen LogP contribution is -2.42. The average Bonchev–Trinajstić information content (AvgIpc) is 2.96. The van der Waals surface area contributed by atoms with Crippen LogP contribution >= 0.6 is 0 Å². The fourth-order valence-electron chi connectivity index (χ4n) is 4.32. The number of anilines is 1. The Kier molecular flexibility index (Phi) is 6.88. The van der Waals surface area contributed by atoms with Crippen LogP contribution in [0.1, 0.15) is 29.7 Å². The van der Waals surface area contributed by atoms with Gasteiger partial charge in [-0.05, 0) is 42.8 Å². The predicted octanol–water partition coefficient (Wildman–Crippen LogP) is 3.23. The average molecular weight is 482 g/mol. The SMILES string of the molecule is COc1nc2c(cc1NS(=O)(=O)c1ccc(C3(F)CC(OCCF)C3)cc1)CCN(C)CC2. The summed E-state index contributed by atoms with van der Waals surface area (Å²) in [5, 5.41) is 0. The first-order chi connectivity index (χ1) is 15.7. The quantitative estimate of drug-likeness (QED) is 0.624. The van der Waals surface area contributed by atoms with E-state index in [0.29, 0.717) is 5.56 Å². The number of alkyl halides is 2. The van der Waals surface area contributed by atoms with Crippen LogP contribution < -0.4 is 9.46 Å². The summed E-state index contributed by atoms with van der Waals surface area (Å²) in [5.74, 6) is 0.218. The van der Waals surface area contributed by atoms with Crippen LogP contribution in [-0.4, -0.2) is 64.9 Å². The van der Waals surface area contributed by atoms with Gasteiger partial charge in [0.05, 0.1) is 24.7 Å². The van der Waals surface area contributed by atoms with Crippen LogP contribution in [0.5, 0.6) is 5.88 Å². The Balaban J connectivity index is 1.50. The Morgan fingerprint density at radius 1 is 1.21 bits per heavy atom. The van der Waals surface area contributed by atoms with E-state index in [1.54, 1.807) is 6.07 Å². The summed E-state index contributed by atoms with van der Waals surface area (Å²) < 4.78 is 66.4. The number of nitrogens with zero attached hydrogens (tertiary/aromatic N) is 2. The summed E-state index contributed by atoms with van der Waals surface area (Å²) in [7, 11) is -0.442. The summed E-state index contributed by atoms with van der Waals surface area (Å²) in [6.07, 6.45) is 1.47. The first kappa shape index (κ1) is 23.8. The van der Waals surface area contributed by atoms with Gasteiger partial charge in [-0.3, -0.25) is 4.72 Å². The van der Waals surface area contributed by atoms with E-state index in [-0.39, 0.29) is 42.0 Å². The Hall–Kier alpha value is -2.30. The van der Waals surface area contributed by atoms with Gasteiger partial charge in [0, 0.05) is 38.0 Å². The van der Waals surface area contributed by atoms with E-state index < -0.39 is 22.4 Å². The number of nitrogens with one attached hydrogen (secondary N) is 1. The van der Waals surface area contributed by atoms with Gasteiger partial charge in [0.25, 0.3) is 10.0 Å². The van der Waals surface area contributed by atoms with Crippen molar-refractivity contribution in [3.05, 3.63) is 47.2 Å². The van der Waals surface area contributed by atoms with Crippen LogP contribution in [0.3, 0.4) is 0 Å². The lowest BCUT2D eigenvalue weighted by atomic mass is 9.74. The molecule has 1 N–H and O–H groups in total. The highest BCUT2D eigenvalue weighted by Gasteiger charge is 2.47. The van der Waals surface area contributed by atoms with E-state index in [4.69, 9.17) is 9.47 Å². The molecule has 180 valence electrons. The van der Waals surface area contributed by atoms with Crippen LogP contribution in [0, 0.1) is 0 Å². The largest absolute Gasteiger partial charge is 0.479 e. The molecular formula is C23H29F2N3O4S. The molecule has 0 radical (unpaired) electrons. The van der Waals surface area contributed by atoms with Gasteiger partial charge >= 0.3 is 0 Å². The Labute approximate surface area is 193 Å². The highest BCUT2D eigenvalue weighted by Crippen LogP contribution is 2.46. The van der Waals surface area contributed by atoms with Gasteiger partial charge in [-0.15, -0.1) is 0 Å². The Bertz CT molecular complexity index is 1090. The smallest absolute Gasteiger partial charge is 0.262 e. The third-order valence-electron chi connectivity index (χ3n) is 6.30. The molecule has 1 aliphatic heterocycles. The topological polar surface area (TPSA) is 80.8 Å². The fraction of sp³-hybridized carbons (Fsp3) is 0.522. The van der Waals surface area contributed by atoms with Gasteiger partial charge in [-0.2, -0.15) is 0 Å². The normalized spacial score (nSPS) is 23.3. The predicted molar refractivity (Wildman–Crippen MR) is 121 cm³/mol. The van der Waals surface area contributed by atoms with Crippen molar-refractivity contribution in [3.63, 3.8) is 0 Å². The van der Waals surface area contributed by atoms with Crippen LogP contribution in [-0.2, 0) is 33.3 Å². The molecule has 2 heterocycles. The Morgan fingerprint density at radius 2 is 1.91 bits per heavy atom.